The number of halogens is 1. The summed E-state index contributed by atoms with van der Waals surface area (Å²) in [5.74, 6) is -1.22. The van der Waals surface area contributed by atoms with Crippen molar-refractivity contribution in [2.45, 2.75) is 4.90 Å². The molecule has 0 aliphatic carbocycles. The van der Waals surface area contributed by atoms with E-state index < -0.39 is 31.3 Å². The largest absolute Gasteiger partial charge is 0.325 e. The predicted molar refractivity (Wildman–Crippen MR) is 67.1 cm³/mol. The third-order valence-electron chi connectivity index (χ3n) is 2.38. The average molecular weight is 300 g/mol. The molecule has 106 valence electrons. The summed E-state index contributed by atoms with van der Waals surface area (Å²) in [5, 5.41) is 14.6. The van der Waals surface area contributed by atoms with E-state index in [2.05, 4.69) is 9.82 Å². The summed E-state index contributed by atoms with van der Waals surface area (Å²) in [7, 11) is -2.71. The second-order valence-corrected chi connectivity index (χ2v) is 5.50. The highest BCUT2D eigenvalue weighted by atomic mass is 32.2. The first kappa shape index (κ1) is 13.9. The van der Waals surface area contributed by atoms with Gasteiger partial charge in [0.2, 0.25) is 5.82 Å². The van der Waals surface area contributed by atoms with Gasteiger partial charge in [0.1, 0.15) is 0 Å². The van der Waals surface area contributed by atoms with Crippen LogP contribution in [0, 0.1) is 15.9 Å². The lowest BCUT2D eigenvalue weighted by Crippen LogP contribution is -2.15. The molecule has 1 aromatic heterocycles. The van der Waals surface area contributed by atoms with Gasteiger partial charge in [-0.2, -0.15) is 9.49 Å². The van der Waals surface area contributed by atoms with Gasteiger partial charge in [-0.25, -0.2) is 8.42 Å². The number of nitro groups is 1. The molecule has 1 heterocycles. The first-order chi connectivity index (χ1) is 9.31. The number of hydrogen-bond donors (Lipinski definition) is 1. The van der Waals surface area contributed by atoms with Crippen LogP contribution >= 0.6 is 0 Å². The lowest BCUT2D eigenvalue weighted by molar-refractivity contribution is -0.390. The SMILES string of the molecule is Cn1cc(NS(=O)(=O)c2cccc(F)c2[N+](=O)[O-])cn1. The molecular weight excluding hydrogens is 291 g/mol. The number of benzene rings is 1. The lowest BCUT2D eigenvalue weighted by atomic mass is 10.3. The van der Waals surface area contributed by atoms with Crippen molar-refractivity contribution in [3.8, 4) is 0 Å². The van der Waals surface area contributed by atoms with E-state index in [4.69, 9.17) is 0 Å². The minimum absolute atomic E-state index is 0.117. The Kier molecular flexibility index (Phi) is 3.40. The van der Waals surface area contributed by atoms with E-state index in [0.29, 0.717) is 0 Å². The molecule has 10 heteroatoms. The topological polar surface area (TPSA) is 107 Å². The van der Waals surface area contributed by atoms with Crippen LogP contribution in [0.2, 0.25) is 0 Å². The molecule has 20 heavy (non-hydrogen) atoms. The van der Waals surface area contributed by atoms with Crippen molar-refractivity contribution >= 4 is 21.4 Å². The van der Waals surface area contributed by atoms with E-state index in [1.165, 1.54) is 17.1 Å². The highest BCUT2D eigenvalue weighted by molar-refractivity contribution is 7.92. The van der Waals surface area contributed by atoms with Crippen LogP contribution in [0.25, 0.3) is 0 Å². The summed E-state index contributed by atoms with van der Waals surface area (Å²) < 4.78 is 41.0. The minimum Gasteiger partial charge on any atom is -0.276 e. The molecule has 0 fully saturated rings. The monoisotopic (exact) mass is 300 g/mol. The third kappa shape index (κ3) is 2.59. The highest BCUT2D eigenvalue weighted by Gasteiger charge is 2.29. The lowest BCUT2D eigenvalue weighted by Gasteiger charge is -2.06. The first-order valence-corrected chi connectivity index (χ1v) is 6.74. The van der Waals surface area contributed by atoms with Gasteiger partial charge in [0.25, 0.3) is 10.0 Å². The summed E-state index contributed by atoms with van der Waals surface area (Å²) >= 11 is 0. The van der Waals surface area contributed by atoms with E-state index in [-0.39, 0.29) is 5.69 Å². The summed E-state index contributed by atoms with van der Waals surface area (Å²) in [6.07, 6.45) is 2.59. The quantitative estimate of drug-likeness (QED) is 0.675. The van der Waals surface area contributed by atoms with Crippen molar-refractivity contribution < 1.29 is 17.7 Å². The Hall–Kier alpha value is -2.49. The number of anilines is 1. The van der Waals surface area contributed by atoms with Crippen LogP contribution in [-0.4, -0.2) is 23.1 Å². The number of para-hydroxylation sites is 1. The van der Waals surface area contributed by atoms with E-state index in [0.717, 1.165) is 18.2 Å². The zero-order chi connectivity index (χ0) is 14.9. The molecule has 0 saturated heterocycles. The number of nitrogens with zero attached hydrogens (tertiary/aromatic N) is 3. The number of sulfonamides is 1. The van der Waals surface area contributed by atoms with Crippen molar-refractivity contribution in [1.82, 2.24) is 9.78 Å². The molecule has 0 atom stereocenters. The highest BCUT2D eigenvalue weighted by Crippen LogP contribution is 2.28. The van der Waals surface area contributed by atoms with Gasteiger partial charge in [-0.1, -0.05) is 6.07 Å². The van der Waals surface area contributed by atoms with Crippen LogP contribution in [0.5, 0.6) is 0 Å². The van der Waals surface area contributed by atoms with Gasteiger partial charge >= 0.3 is 5.69 Å². The third-order valence-corrected chi connectivity index (χ3v) is 3.79. The molecule has 1 aromatic carbocycles. The first-order valence-electron chi connectivity index (χ1n) is 5.25. The van der Waals surface area contributed by atoms with Gasteiger partial charge in [-0.15, -0.1) is 0 Å². The number of aryl methyl sites for hydroxylation is 1. The summed E-state index contributed by atoms with van der Waals surface area (Å²) in [5.41, 5.74) is -0.977. The molecule has 8 nitrogen and oxygen atoms in total. The molecular formula is C10H9FN4O4S. The maximum atomic E-state index is 13.4. The number of nitro benzene ring substituents is 1. The maximum absolute atomic E-state index is 13.4. The van der Waals surface area contributed by atoms with E-state index >= 15 is 0 Å². The van der Waals surface area contributed by atoms with Gasteiger partial charge < -0.3 is 0 Å². The van der Waals surface area contributed by atoms with Crippen LogP contribution in [0.1, 0.15) is 0 Å². The molecule has 0 spiro atoms. The van der Waals surface area contributed by atoms with Crippen LogP contribution in [0.3, 0.4) is 0 Å². The molecule has 2 rings (SSSR count). The number of aromatic nitrogens is 2. The average Bonchev–Trinajstić information content (AvgIpc) is 2.73. The van der Waals surface area contributed by atoms with Gasteiger partial charge in [0.05, 0.1) is 16.8 Å². The molecule has 0 saturated carbocycles. The molecule has 0 aliphatic heterocycles. The normalized spacial score (nSPS) is 11.3. The van der Waals surface area contributed by atoms with Crippen LogP contribution in [-0.2, 0) is 17.1 Å². The van der Waals surface area contributed by atoms with Crippen LogP contribution in [0.4, 0.5) is 15.8 Å². The van der Waals surface area contributed by atoms with Crippen molar-refractivity contribution in [2.75, 3.05) is 4.72 Å². The Morgan fingerprint density at radius 3 is 2.70 bits per heavy atom. The van der Waals surface area contributed by atoms with Crippen LogP contribution in [0.15, 0.2) is 35.5 Å². The van der Waals surface area contributed by atoms with E-state index in [1.807, 2.05) is 0 Å². The minimum atomic E-state index is -4.28. The Morgan fingerprint density at radius 1 is 1.45 bits per heavy atom. The Balaban J connectivity index is 2.50. The standard InChI is InChI=1S/C10H9FN4O4S/c1-14-6-7(5-12-14)13-20(18,19)9-4-2-3-8(11)10(9)15(16)17/h2-6,13H,1H3. The fourth-order valence-electron chi connectivity index (χ4n) is 1.57. The van der Waals surface area contributed by atoms with Gasteiger partial charge in [-0.05, 0) is 12.1 Å². The van der Waals surface area contributed by atoms with Gasteiger partial charge in [0.15, 0.2) is 4.90 Å². The Bertz CT molecular complexity index is 771. The molecule has 0 aliphatic rings. The fraction of sp³-hybridized carbons (Fsp3) is 0.100. The molecule has 0 bridgehead atoms. The predicted octanol–water partition coefficient (Wildman–Crippen LogP) is 1.27. The fourth-order valence-corrected chi connectivity index (χ4v) is 2.78. The zero-order valence-corrected chi connectivity index (χ0v) is 11.0. The van der Waals surface area contributed by atoms with E-state index in [1.54, 1.807) is 7.05 Å². The van der Waals surface area contributed by atoms with Crippen molar-refractivity contribution in [2.24, 2.45) is 7.05 Å². The summed E-state index contributed by atoms with van der Waals surface area (Å²) in [6, 6.07) is 2.86. The summed E-state index contributed by atoms with van der Waals surface area (Å²) in [4.78, 5) is 8.98. The Morgan fingerprint density at radius 2 is 2.15 bits per heavy atom. The molecule has 0 unspecified atom stereocenters. The number of hydrogen-bond acceptors (Lipinski definition) is 5. The van der Waals surface area contributed by atoms with Crippen molar-refractivity contribution in [1.29, 1.82) is 0 Å². The Labute approximate surface area is 113 Å². The smallest absolute Gasteiger partial charge is 0.276 e. The van der Waals surface area contributed by atoms with Crippen molar-refractivity contribution in [3.63, 3.8) is 0 Å². The molecule has 2 aromatic rings. The van der Waals surface area contributed by atoms with E-state index in [9.17, 15) is 22.9 Å². The van der Waals surface area contributed by atoms with Crippen molar-refractivity contribution in [3.05, 3.63) is 46.5 Å². The maximum Gasteiger partial charge on any atom is 0.325 e. The second-order valence-electron chi connectivity index (χ2n) is 3.85. The zero-order valence-electron chi connectivity index (χ0n) is 10.1. The van der Waals surface area contributed by atoms with Gasteiger partial charge in [-0.3, -0.25) is 19.5 Å². The van der Waals surface area contributed by atoms with Crippen LogP contribution < -0.4 is 4.72 Å². The number of rotatable bonds is 4. The molecule has 0 radical (unpaired) electrons. The summed E-state index contributed by atoms with van der Waals surface area (Å²) in [6.45, 7) is 0. The molecule has 1 N–H and O–H groups in total. The second kappa shape index (κ2) is 4.89. The number of nitrogens with one attached hydrogen (secondary N) is 1. The molecule has 0 amide bonds. The van der Waals surface area contributed by atoms with Gasteiger partial charge in [0, 0.05) is 13.2 Å².